The standard InChI is InChI=1S/C10H12N4S/c1-2-4-9(5-3-1)11-6-7-15-10-12-8-13-14-10/h1-5,8,11H,6-7H2,(H,12,13,14). The van der Waals surface area contributed by atoms with Gasteiger partial charge in [-0.25, -0.2) is 4.98 Å². The molecule has 0 fully saturated rings. The highest BCUT2D eigenvalue weighted by Gasteiger charge is 1.95. The van der Waals surface area contributed by atoms with Crippen molar-refractivity contribution in [1.29, 1.82) is 0 Å². The van der Waals surface area contributed by atoms with Gasteiger partial charge in [0.15, 0.2) is 5.16 Å². The molecule has 2 N–H and O–H groups in total. The van der Waals surface area contributed by atoms with Gasteiger partial charge in [-0.2, -0.15) is 5.10 Å². The molecule has 0 atom stereocenters. The Morgan fingerprint density at radius 2 is 2.13 bits per heavy atom. The molecule has 78 valence electrons. The first-order valence-electron chi connectivity index (χ1n) is 4.72. The summed E-state index contributed by atoms with van der Waals surface area (Å²) in [6.07, 6.45) is 1.52. The van der Waals surface area contributed by atoms with Crippen molar-refractivity contribution in [2.45, 2.75) is 5.16 Å². The Labute approximate surface area is 92.5 Å². The van der Waals surface area contributed by atoms with Crippen molar-refractivity contribution < 1.29 is 0 Å². The van der Waals surface area contributed by atoms with Gasteiger partial charge in [-0.3, -0.25) is 5.10 Å². The number of aromatic amines is 1. The highest BCUT2D eigenvalue weighted by Crippen LogP contribution is 2.10. The molecule has 0 aliphatic rings. The fourth-order valence-corrected chi connectivity index (χ4v) is 1.80. The van der Waals surface area contributed by atoms with E-state index >= 15 is 0 Å². The van der Waals surface area contributed by atoms with E-state index in [4.69, 9.17) is 0 Å². The molecule has 1 aromatic heterocycles. The molecule has 1 heterocycles. The summed E-state index contributed by atoms with van der Waals surface area (Å²) in [5.74, 6) is 0.962. The number of thioether (sulfide) groups is 1. The van der Waals surface area contributed by atoms with Gasteiger partial charge in [0.2, 0.25) is 0 Å². The third kappa shape index (κ3) is 3.28. The molecular weight excluding hydrogens is 208 g/mol. The minimum absolute atomic E-state index is 0.866. The molecule has 2 aromatic rings. The number of para-hydroxylation sites is 1. The minimum Gasteiger partial charge on any atom is -0.384 e. The van der Waals surface area contributed by atoms with Crippen LogP contribution in [0.15, 0.2) is 41.8 Å². The number of nitrogens with one attached hydrogen (secondary N) is 2. The van der Waals surface area contributed by atoms with Crippen LogP contribution in [0.5, 0.6) is 0 Å². The molecule has 0 aliphatic heterocycles. The quantitative estimate of drug-likeness (QED) is 0.598. The molecule has 0 spiro atoms. The Bertz CT molecular complexity index is 374. The van der Waals surface area contributed by atoms with Crippen molar-refractivity contribution in [3.8, 4) is 0 Å². The van der Waals surface area contributed by atoms with Gasteiger partial charge in [-0.1, -0.05) is 30.0 Å². The molecule has 0 aliphatic carbocycles. The van der Waals surface area contributed by atoms with Crippen molar-refractivity contribution >= 4 is 17.4 Å². The molecule has 0 saturated heterocycles. The number of nitrogens with zero attached hydrogens (tertiary/aromatic N) is 2. The van der Waals surface area contributed by atoms with Crippen molar-refractivity contribution in [2.24, 2.45) is 0 Å². The van der Waals surface area contributed by atoms with Gasteiger partial charge in [0.1, 0.15) is 6.33 Å². The molecule has 0 unspecified atom stereocenters. The molecule has 0 bridgehead atoms. The smallest absolute Gasteiger partial charge is 0.183 e. The fraction of sp³-hybridized carbons (Fsp3) is 0.200. The van der Waals surface area contributed by atoms with Crippen molar-refractivity contribution in [1.82, 2.24) is 15.2 Å². The summed E-state index contributed by atoms with van der Waals surface area (Å²) in [7, 11) is 0. The van der Waals surface area contributed by atoms with Gasteiger partial charge < -0.3 is 5.32 Å². The zero-order valence-electron chi connectivity index (χ0n) is 8.18. The molecule has 4 nitrogen and oxygen atoms in total. The van der Waals surface area contributed by atoms with Crippen LogP contribution in [0.2, 0.25) is 0 Å². The first kappa shape index (κ1) is 10.0. The first-order valence-corrected chi connectivity index (χ1v) is 5.71. The second kappa shape index (κ2) is 5.41. The van der Waals surface area contributed by atoms with Crippen LogP contribution >= 0.6 is 11.8 Å². The van der Waals surface area contributed by atoms with Crippen LogP contribution in [0, 0.1) is 0 Å². The predicted molar refractivity (Wildman–Crippen MR) is 62.0 cm³/mol. The van der Waals surface area contributed by atoms with E-state index in [1.54, 1.807) is 11.8 Å². The molecule has 2 rings (SSSR count). The summed E-state index contributed by atoms with van der Waals surface area (Å²) in [5, 5.41) is 10.8. The number of hydrogen-bond donors (Lipinski definition) is 2. The summed E-state index contributed by atoms with van der Waals surface area (Å²) in [5.41, 5.74) is 1.15. The maximum Gasteiger partial charge on any atom is 0.183 e. The minimum atomic E-state index is 0.866. The van der Waals surface area contributed by atoms with Crippen LogP contribution in [0.4, 0.5) is 5.69 Å². The lowest BCUT2D eigenvalue weighted by Gasteiger charge is -2.04. The Morgan fingerprint density at radius 3 is 2.87 bits per heavy atom. The Morgan fingerprint density at radius 1 is 1.27 bits per heavy atom. The highest BCUT2D eigenvalue weighted by molar-refractivity contribution is 7.99. The number of hydrogen-bond acceptors (Lipinski definition) is 4. The monoisotopic (exact) mass is 220 g/mol. The third-order valence-electron chi connectivity index (χ3n) is 1.84. The largest absolute Gasteiger partial charge is 0.384 e. The average molecular weight is 220 g/mol. The summed E-state index contributed by atoms with van der Waals surface area (Å²) in [4.78, 5) is 4.03. The van der Waals surface area contributed by atoms with Crippen LogP contribution in [-0.4, -0.2) is 27.5 Å². The van der Waals surface area contributed by atoms with Crippen LogP contribution in [-0.2, 0) is 0 Å². The Kier molecular flexibility index (Phi) is 3.62. The predicted octanol–water partition coefficient (Wildman–Crippen LogP) is 2.01. The maximum atomic E-state index is 4.03. The van der Waals surface area contributed by atoms with E-state index in [1.807, 2.05) is 18.2 Å². The van der Waals surface area contributed by atoms with E-state index in [9.17, 15) is 0 Å². The number of H-pyrrole nitrogens is 1. The van der Waals surface area contributed by atoms with E-state index in [2.05, 4.69) is 32.6 Å². The van der Waals surface area contributed by atoms with E-state index in [0.717, 1.165) is 23.1 Å². The van der Waals surface area contributed by atoms with E-state index in [-0.39, 0.29) is 0 Å². The number of benzene rings is 1. The number of aromatic nitrogens is 3. The molecule has 0 amide bonds. The van der Waals surface area contributed by atoms with E-state index in [0.29, 0.717) is 0 Å². The molecular formula is C10H12N4S. The third-order valence-corrected chi connectivity index (χ3v) is 2.72. The van der Waals surface area contributed by atoms with Gasteiger partial charge in [0.05, 0.1) is 0 Å². The fourth-order valence-electron chi connectivity index (χ4n) is 1.16. The molecule has 15 heavy (non-hydrogen) atoms. The van der Waals surface area contributed by atoms with E-state index in [1.165, 1.54) is 6.33 Å². The van der Waals surface area contributed by atoms with Gasteiger partial charge >= 0.3 is 0 Å². The normalized spacial score (nSPS) is 10.1. The first-order chi connectivity index (χ1) is 7.45. The van der Waals surface area contributed by atoms with E-state index < -0.39 is 0 Å². The lowest BCUT2D eigenvalue weighted by molar-refractivity contribution is 0.972. The number of anilines is 1. The Hall–Kier alpha value is -1.49. The van der Waals surface area contributed by atoms with Gasteiger partial charge in [0, 0.05) is 18.0 Å². The SMILES string of the molecule is c1ccc(NCCSc2ncn[nH]2)cc1. The summed E-state index contributed by atoms with van der Waals surface area (Å²) < 4.78 is 0. The van der Waals surface area contributed by atoms with Crippen LogP contribution in [0.25, 0.3) is 0 Å². The second-order valence-electron chi connectivity index (χ2n) is 2.93. The zero-order valence-corrected chi connectivity index (χ0v) is 9.00. The topological polar surface area (TPSA) is 53.6 Å². The van der Waals surface area contributed by atoms with Crippen molar-refractivity contribution in [3.63, 3.8) is 0 Å². The van der Waals surface area contributed by atoms with Crippen LogP contribution in [0.1, 0.15) is 0 Å². The summed E-state index contributed by atoms with van der Waals surface area (Å²) in [6, 6.07) is 10.2. The van der Waals surface area contributed by atoms with Gasteiger partial charge in [-0.15, -0.1) is 0 Å². The zero-order chi connectivity index (χ0) is 10.3. The Balaban J connectivity index is 1.68. The highest BCUT2D eigenvalue weighted by atomic mass is 32.2. The van der Waals surface area contributed by atoms with Crippen LogP contribution < -0.4 is 5.32 Å². The lowest BCUT2D eigenvalue weighted by atomic mass is 10.3. The second-order valence-corrected chi connectivity index (χ2v) is 4.02. The van der Waals surface area contributed by atoms with Crippen molar-refractivity contribution in [2.75, 3.05) is 17.6 Å². The lowest BCUT2D eigenvalue weighted by Crippen LogP contribution is -2.03. The molecule has 0 radical (unpaired) electrons. The van der Waals surface area contributed by atoms with Crippen molar-refractivity contribution in [3.05, 3.63) is 36.7 Å². The van der Waals surface area contributed by atoms with Gasteiger partial charge in [-0.05, 0) is 12.1 Å². The molecule has 1 aromatic carbocycles. The van der Waals surface area contributed by atoms with Gasteiger partial charge in [0.25, 0.3) is 0 Å². The maximum absolute atomic E-state index is 4.03. The number of rotatable bonds is 5. The summed E-state index contributed by atoms with van der Waals surface area (Å²) >= 11 is 1.65. The average Bonchev–Trinajstić information content (AvgIpc) is 2.79. The van der Waals surface area contributed by atoms with Crippen LogP contribution in [0.3, 0.4) is 0 Å². The summed E-state index contributed by atoms with van der Waals surface area (Å²) in [6.45, 7) is 0.912. The molecule has 5 heteroatoms. The molecule has 0 saturated carbocycles.